The largest absolute Gasteiger partial charge is 0.507 e. The SMILES string of the molecule is CC1(C)CC(C(=O)c2ccc(-c3ccc(-c4cn[nH]c4)cc3O)nn2)CC(C)(C)N1C(=O)CCN. The summed E-state index contributed by atoms with van der Waals surface area (Å²) in [6.07, 6.45) is 4.77. The minimum Gasteiger partial charge on any atom is -0.507 e. The van der Waals surface area contributed by atoms with Crippen LogP contribution in [-0.2, 0) is 4.79 Å². The third kappa shape index (κ3) is 4.81. The summed E-state index contributed by atoms with van der Waals surface area (Å²) in [6, 6.07) is 8.63. The summed E-state index contributed by atoms with van der Waals surface area (Å²) in [5.41, 5.74) is 7.59. The maximum Gasteiger partial charge on any atom is 0.224 e. The van der Waals surface area contributed by atoms with E-state index in [1.165, 1.54) is 0 Å². The summed E-state index contributed by atoms with van der Waals surface area (Å²) in [7, 11) is 0. The standard InChI is InChI=1S/C26H32N6O3/c1-25(2)12-17(13-26(3,4)32(25)23(34)9-10-27)24(35)21-8-7-20(30-31-21)19-6-5-16(11-22(19)33)18-14-28-29-15-18/h5-8,11,14-15,17,33H,9-10,12-13,27H2,1-4H3,(H,28,29). The molecule has 1 fully saturated rings. The molecule has 4 N–H and O–H groups in total. The monoisotopic (exact) mass is 476 g/mol. The van der Waals surface area contributed by atoms with Crippen LogP contribution in [0.1, 0.15) is 57.4 Å². The zero-order valence-electron chi connectivity index (χ0n) is 20.6. The van der Waals surface area contributed by atoms with Crippen molar-refractivity contribution < 1.29 is 14.7 Å². The maximum atomic E-state index is 13.4. The number of likely N-dealkylation sites (tertiary alicyclic amines) is 1. The van der Waals surface area contributed by atoms with E-state index in [0.717, 1.165) is 11.1 Å². The molecule has 2 aromatic heterocycles. The predicted molar refractivity (Wildman–Crippen MR) is 132 cm³/mol. The predicted octanol–water partition coefficient (Wildman–Crippen LogP) is 3.57. The highest BCUT2D eigenvalue weighted by molar-refractivity contribution is 5.96. The zero-order chi connectivity index (χ0) is 25.4. The van der Waals surface area contributed by atoms with Gasteiger partial charge in [0.15, 0.2) is 5.78 Å². The summed E-state index contributed by atoms with van der Waals surface area (Å²) >= 11 is 0. The number of hydrogen-bond donors (Lipinski definition) is 3. The number of aromatic hydroxyl groups is 1. The number of phenols is 1. The van der Waals surface area contributed by atoms with Gasteiger partial charge in [-0.15, -0.1) is 10.2 Å². The fourth-order valence-corrected chi connectivity index (χ4v) is 5.53. The second-order valence-electron chi connectivity index (χ2n) is 10.4. The van der Waals surface area contributed by atoms with Crippen LogP contribution in [0.4, 0.5) is 0 Å². The lowest BCUT2D eigenvalue weighted by Crippen LogP contribution is -2.63. The molecule has 184 valence electrons. The van der Waals surface area contributed by atoms with Crippen molar-refractivity contribution in [1.82, 2.24) is 25.3 Å². The van der Waals surface area contributed by atoms with E-state index in [4.69, 9.17) is 5.73 Å². The Morgan fingerprint density at radius 3 is 2.34 bits per heavy atom. The number of carbonyl (C=O) groups is 2. The Morgan fingerprint density at radius 1 is 1.09 bits per heavy atom. The van der Waals surface area contributed by atoms with Crippen LogP contribution in [0.2, 0.25) is 0 Å². The fraction of sp³-hybridized carbons (Fsp3) is 0.423. The zero-order valence-corrected chi connectivity index (χ0v) is 20.6. The van der Waals surface area contributed by atoms with Crippen LogP contribution in [0.25, 0.3) is 22.4 Å². The van der Waals surface area contributed by atoms with Crippen LogP contribution >= 0.6 is 0 Å². The Balaban J connectivity index is 1.53. The summed E-state index contributed by atoms with van der Waals surface area (Å²) in [6.45, 7) is 8.27. The van der Waals surface area contributed by atoms with Crippen molar-refractivity contribution in [1.29, 1.82) is 0 Å². The second-order valence-corrected chi connectivity index (χ2v) is 10.4. The topological polar surface area (TPSA) is 138 Å². The van der Waals surface area contributed by atoms with Gasteiger partial charge in [0.1, 0.15) is 11.4 Å². The number of nitrogens with two attached hydrogens (primary N) is 1. The van der Waals surface area contributed by atoms with Crippen LogP contribution in [0.3, 0.4) is 0 Å². The second kappa shape index (κ2) is 9.22. The highest BCUT2D eigenvalue weighted by atomic mass is 16.3. The molecular weight excluding hydrogens is 444 g/mol. The van der Waals surface area contributed by atoms with Gasteiger partial charge in [-0.1, -0.05) is 6.07 Å². The summed E-state index contributed by atoms with van der Waals surface area (Å²) in [5, 5.41) is 25.7. The van der Waals surface area contributed by atoms with Gasteiger partial charge in [0, 0.05) is 47.3 Å². The van der Waals surface area contributed by atoms with Crippen molar-refractivity contribution in [3.63, 3.8) is 0 Å². The first-order valence-electron chi connectivity index (χ1n) is 11.8. The molecule has 3 heterocycles. The van der Waals surface area contributed by atoms with E-state index >= 15 is 0 Å². The Hall–Kier alpha value is -3.59. The first-order valence-corrected chi connectivity index (χ1v) is 11.8. The van der Waals surface area contributed by atoms with Crippen molar-refractivity contribution >= 4 is 11.7 Å². The molecule has 0 bridgehead atoms. The number of phenolic OH excluding ortho intramolecular Hbond substituents is 1. The fourth-order valence-electron chi connectivity index (χ4n) is 5.53. The highest BCUT2D eigenvalue weighted by Crippen LogP contribution is 2.43. The Morgan fingerprint density at radius 2 is 1.80 bits per heavy atom. The van der Waals surface area contributed by atoms with E-state index in [9.17, 15) is 14.7 Å². The third-order valence-corrected chi connectivity index (χ3v) is 6.70. The lowest BCUT2D eigenvalue weighted by atomic mass is 9.71. The number of H-pyrrole nitrogens is 1. The normalized spacial score (nSPS) is 17.3. The number of benzene rings is 1. The molecule has 1 saturated heterocycles. The highest BCUT2D eigenvalue weighted by Gasteiger charge is 2.49. The Kier molecular flexibility index (Phi) is 6.46. The molecule has 1 aromatic carbocycles. The number of ketones is 1. The maximum absolute atomic E-state index is 13.4. The molecule has 1 amide bonds. The van der Waals surface area contributed by atoms with Gasteiger partial charge in [0.25, 0.3) is 0 Å². The minimum absolute atomic E-state index is 0.0103. The average Bonchev–Trinajstić information content (AvgIpc) is 3.32. The molecule has 0 aliphatic carbocycles. The molecule has 0 saturated carbocycles. The number of rotatable bonds is 6. The molecule has 0 spiro atoms. The summed E-state index contributed by atoms with van der Waals surface area (Å²) in [5.74, 6) is -0.299. The molecule has 9 heteroatoms. The van der Waals surface area contributed by atoms with Crippen molar-refractivity contribution in [3.8, 4) is 28.1 Å². The van der Waals surface area contributed by atoms with Crippen molar-refractivity contribution in [2.45, 2.75) is 58.0 Å². The average molecular weight is 477 g/mol. The van der Waals surface area contributed by atoms with Crippen molar-refractivity contribution in [3.05, 3.63) is 48.4 Å². The van der Waals surface area contributed by atoms with Crippen LogP contribution in [0.15, 0.2) is 42.7 Å². The molecule has 4 rings (SSSR count). The molecule has 9 nitrogen and oxygen atoms in total. The molecule has 35 heavy (non-hydrogen) atoms. The van der Waals surface area contributed by atoms with Gasteiger partial charge in [-0.3, -0.25) is 14.7 Å². The number of aromatic amines is 1. The van der Waals surface area contributed by atoms with Gasteiger partial charge in [0.2, 0.25) is 5.91 Å². The van der Waals surface area contributed by atoms with Crippen LogP contribution in [0.5, 0.6) is 5.75 Å². The Labute approximate surface area is 204 Å². The van der Waals surface area contributed by atoms with Crippen LogP contribution in [-0.4, -0.2) is 59.7 Å². The summed E-state index contributed by atoms with van der Waals surface area (Å²) in [4.78, 5) is 28.1. The first kappa shape index (κ1) is 24.5. The smallest absolute Gasteiger partial charge is 0.224 e. The van der Waals surface area contributed by atoms with E-state index in [-0.39, 0.29) is 35.5 Å². The Bertz CT molecular complexity index is 1200. The number of carbonyl (C=O) groups excluding carboxylic acids is 2. The molecule has 3 aromatic rings. The number of Topliss-reactive ketones (excluding diaryl/α,β-unsaturated/α-hetero) is 1. The molecule has 1 aliphatic rings. The molecule has 0 unspecified atom stereocenters. The number of hydrogen-bond acceptors (Lipinski definition) is 7. The van der Waals surface area contributed by atoms with Crippen molar-refractivity contribution in [2.75, 3.05) is 6.54 Å². The quantitative estimate of drug-likeness (QED) is 0.462. The van der Waals surface area contributed by atoms with E-state index in [0.29, 0.717) is 30.6 Å². The van der Waals surface area contributed by atoms with Crippen LogP contribution in [0, 0.1) is 5.92 Å². The van der Waals surface area contributed by atoms with Gasteiger partial charge in [-0.2, -0.15) is 5.10 Å². The van der Waals surface area contributed by atoms with Gasteiger partial charge in [-0.25, -0.2) is 0 Å². The number of aromatic nitrogens is 4. The number of amides is 1. The summed E-state index contributed by atoms with van der Waals surface area (Å²) < 4.78 is 0. The van der Waals surface area contributed by atoms with E-state index < -0.39 is 11.1 Å². The third-order valence-electron chi connectivity index (χ3n) is 6.70. The lowest BCUT2D eigenvalue weighted by molar-refractivity contribution is -0.150. The molecular formula is C26H32N6O3. The lowest BCUT2D eigenvalue weighted by Gasteiger charge is -2.55. The van der Waals surface area contributed by atoms with E-state index in [2.05, 4.69) is 20.4 Å². The van der Waals surface area contributed by atoms with Gasteiger partial charge >= 0.3 is 0 Å². The van der Waals surface area contributed by atoms with Crippen LogP contribution < -0.4 is 5.73 Å². The van der Waals surface area contributed by atoms with Gasteiger partial charge in [-0.05, 0) is 70.4 Å². The first-order chi connectivity index (χ1) is 16.5. The molecule has 0 radical (unpaired) electrons. The van der Waals surface area contributed by atoms with Gasteiger partial charge < -0.3 is 15.7 Å². The van der Waals surface area contributed by atoms with E-state index in [1.807, 2.05) is 38.7 Å². The van der Waals surface area contributed by atoms with Gasteiger partial charge in [0.05, 0.1) is 11.9 Å². The number of nitrogens with zero attached hydrogens (tertiary/aromatic N) is 4. The molecule has 0 atom stereocenters. The number of piperidine rings is 1. The minimum atomic E-state index is -0.496. The number of nitrogens with one attached hydrogen (secondary N) is 1. The van der Waals surface area contributed by atoms with Crippen molar-refractivity contribution in [2.24, 2.45) is 11.7 Å². The molecule has 1 aliphatic heterocycles. The van der Waals surface area contributed by atoms with E-state index in [1.54, 1.807) is 36.7 Å².